The average molecular weight is 341 g/mol. The topological polar surface area (TPSA) is 33.3 Å². The first-order chi connectivity index (χ1) is 12.4. The first kappa shape index (κ1) is 19.3. The highest BCUT2D eigenvalue weighted by molar-refractivity contribution is 5.56. The molecule has 2 N–H and O–H groups in total. The Labute approximate surface area is 152 Å². The third-order valence-corrected chi connectivity index (χ3v) is 4.20. The third kappa shape index (κ3) is 8.08. The van der Waals surface area contributed by atoms with Crippen LogP contribution in [-0.2, 0) is 6.61 Å². The van der Waals surface area contributed by atoms with Crippen molar-refractivity contribution >= 4 is 5.69 Å². The number of rotatable bonds is 13. The SMILES string of the molecule is CCCCCCCNCCNc1ccccc1OCc1ccccc1. The van der Waals surface area contributed by atoms with Crippen LogP contribution in [0, 0.1) is 0 Å². The van der Waals surface area contributed by atoms with Gasteiger partial charge in [0, 0.05) is 13.1 Å². The minimum atomic E-state index is 0.593. The van der Waals surface area contributed by atoms with Crippen LogP contribution in [0.3, 0.4) is 0 Å². The van der Waals surface area contributed by atoms with Gasteiger partial charge < -0.3 is 15.4 Å². The molecular formula is C22H32N2O. The van der Waals surface area contributed by atoms with Crippen molar-refractivity contribution in [1.82, 2.24) is 5.32 Å². The van der Waals surface area contributed by atoms with Crippen LogP contribution in [0.4, 0.5) is 5.69 Å². The summed E-state index contributed by atoms with van der Waals surface area (Å²) in [6.45, 7) is 5.83. The zero-order valence-electron chi connectivity index (χ0n) is 15.5. The first-order valence-corrected chi connectivity index (χ1v) is 9.60. The Morgan fingerprint density at radius 1 is 0.760 bits per heavy atom. The van der Waals surface area contributed by atoms with Crippen LogP contribution in [0.2, 0.25) is 0 Å². The molecule has 0 spiro atoms. The second-order valence-corrected chi connectivity index (χ2v) is 6.36. The average Bonchev–Trinajstić information content (AvgIpc) is 2.66. The van der Waals surface area contributed by atoms with E-state index in [2.05, 4.69) is 35.8 Å². The molecule has 0 atom stereocenters. The van der Waals surface area contributed by atoms with Gasteiger partial charge in [0.15, 0.2) is 0 Å². The van der Waals surface area contributed by atoms with Crippen molar-refractivity contribution in [3.63, 3.8) is 0 Å². The number of unbranched alkanes of at least 4 members (excludes halogenated alkanes) is 4. The Morgan fingerprint density at radius 3 is 2.36 bits per heavy atom. The van der Waals surface area contributed by atoms with E-state index in [1.165, 1.54) is 37.7 Å². The van der Waals surface area contributed by atoms with Gasteiger partial charge in [-0.1, -0.05) is 75.1 Å². The molecule has 0 amide bonds. The maximum atomic E-state index is 5.97. The molecule has 0 bridgehead atoms. The standard InChI is InChI=1S/C22H32N2O/c1-2-3-4-5-11-16-23-17-18-24-21-14-9-10-15-22(21)25-19-20-12-7-6-8-13-20/h6-10,12-15,23-24H,2-5,11,16-19H2,1H3. The molecule has 0 aromatic heterocycles. The molecule has 3 heteroatoms. The maximum Gasteiger partial charge on any atom is 0.142 e. The lowest BCUT2D eigenvalue weighted by atomic mass is 10.1. The Hall–Kier alpha value is -2.00. The lowest BCUT2D eigenvalue weighted by molar-refractivity contribution is 0.307. The molecule has 0 aliphatic carbocycles. The highest BCUT2D eigenvalue weighted by atomic mass is 16.5. The molecule has 136 valence electrons. The van der Waals surface area contributed by atoms with Gasteiger partial charge in [0.25, 0.3) is 0 Å². The normalized spacial score (nSPS) is 10.6. The largest absolute Gasteiger partial charge is 0.487 e. The smallest absolute Gasteiger partial charge is 0.142 e. The first-order valence-electron chi connectivity index (χ1n) is 9.60. The summed E-state index contributed by atoms with van der Waals surface area (Å²) in [7, 11) is 0. The summed E-state index contributed by atoms with van der Waals surface area (Å²) in [5.74, 6) is 0.908. The molecule has 3 nitrogen and oxygen atoms in total. The summed E-state index contributed by atoms with van der Waals surface area (Å²) in [6.07, 6.45) is 6.65. The summed E-state index contributed by atoms with van der Waals surface area (Å²) in [6, 6.07) is 18.4. The number of ether oxygens (including phenoxy) is 1. The van der Waals surface area contributed by atoms with Gasteiger partial charge in [0.05, 0.1) is 5.69 Å². The van der Waals surface area contributed by atoms with E-state index < -0.39 is 0 Å². The van der Waals surface area contributed by atoms with E-state index in [0.717, 1.165) is 31.1 Å². The van der Waals surface area contributed by atoms with Crippen molar-refractivity contribution in [2.45, 2.75) is 45.6 Å². The fourth-order valence-corrected chi connectivity index (χ4v) is 2.74. The molecule has 25 heavy (non-hydrogen) atoms. The molecule has 0 radical (unpaired) electrons. The van der Waals surface area contributed by atoms with E-state index in [0.29, 0.717) is 6.61 Å². The van der Waals surface area contributed by atoms with Crippen LogP contribution in [0.25, 0.3) is 0 Å². The molecule has 2 aromatic carbocycles. The predicted octanol–water partition coefficient (Wildman–Crippen LogP) is 5.24. The van der Waals surface area contributed by atoms with E-state index in [-0.39, 0.29) is 0 Å². The lowest BCUT2D eigenvalue weighted by Crippen LogP contribution is -2.23. The minimum Gasteiger partial charge on any atom is -0.487 e. The van der Waals surface area contributed by atoms with Gasteiger partial charge in [-0.25, -0.2) is 0 Å². The molecule has 0 heterocycles. The van der Waals surface area contributed by atoms with E-state index in [4.69, 9.17) is 4.74 Å². The van der Waals surface area contributed by atoms with E-state index in [1.807, 2.05) is 36.4 Å². The predicted molar refractivity (Wildman–Crippen MR) is 107 cm³/mol. The Kier molecular flexibility index (Phi) is 9.57. The summed E-state index contributed by atoms with van der Waals surface area (Å²) in [4.78, 5) is 0. The van der Waals surface area contributed by atoms with Crippen molar-refractivity contribution in [2.75, 3.05) is 25.0 Å². The maximum absolute atomic E-state index is 5.97. The fraction of sp³-hybridized carbons (Fsp3) is 0.455. The van der Waals surface area contributed by atoms with Gasteiger partial charge in [-0.15, -0.1) is 0 Å². The second kappa shape index (κ2) is 12.4. The van der Waals surface area contributed by atoms with Gasteiger partial charge in [-0.05, 0) is 30.7 Å². The highest BCUT2D eigenvalue weighted by Crippen LogP contribution is 2.24. The van der Waals surface area contributed by atoms with Crippen LogP contribution in [0.5, 0.6) is 5.75 Å². The van der Waals surface area contributed by atoms with Crippen molar-refractivity contribution in [2.24, 2.45) is 0 Å². The van der Waals surface area contributed by atoms with Crippen LogP contribution in [0.15, 0.2) is 54.6 Å². The Morgan fingerprint density at radius 2 is 1.52 bits per heavy atom. The number of nitrogens with one attached hydrogen (secondary N) is 2. The van der Waals surface area contributed by atoms with Crippen molar-refractivity contribution < 1.29 is 4.74 Å². The van der Waals surface area contributed by atoms with Crippen LogP contribution < -0.4 is 15.4 Å². The number of para-hydroxylation sites is 2. The zero-order valence-corrected chi connectivity index (χ0v) is 15.5. The Balaban J connectivity index is 1.64. The molecule has 0 aliphatic rings. The summed E-state index contributed by atoms with van der Waals surface area (Å²) in [5.41, 5.74) is 2.24. The highest BCUT2D eigenvalue weighted by Gasteiger charge is 2.02. The van der Waals surface area contributed by atoms with Gasteiger partial charge in [-0.2, -0.15) is 0 Å². The van der Waals surface area contributed by atoms with Gasteiger partial charge in [0.2, 0.25) is 0 Å². The minimum absolute atomic E-state index is 0.593. The molecule has 2 aromatic rings. The van der Waals surface area contributed by atoms with Crippen molar-refractivity contribution in [3.8, 4) is 5.75 Å². The number of benzene rings is 2. The Bertz CT molecular complexity index is 571. The molecule has 0 fully saturated rings. The summed E-state index contributed by atoms with van der Waals surface area (Å²) in [5, 5.41) is 6.98. The van der Waals surface area contributed by atoms with Gasteiger partial charge in [0.1, 0.15) is 12.4 Å². The van der Waals surface area contributed by atoms with E-state index >= 15 is 0 Å². The summed E-state index contributed by atoms with van der Waals surface area (Å²) < 4.78 is 5.97. The lowest BCUT2D eigenvalue weighted by Gasteiger charge is -2.13. The van der Waals surface area contributed by atoms with Gasteiger partial charge >= 0.3 is 0 Å². The van der Waals surface area contributed by atoms with E-state index in [9.17, 15) is 0 Å². The molecular weight excluding hydrogens is 308 g/mol. The summed E-state index contributed by atoms with van der Waals surface area (Å²) >= 11 is 0. The van der Waals surface area contributed by atoms with Crippen LogP contribution in [-0.4, -0.2) is 19.6 Å². The van der Waals surface area contributed by atoms with Crippen molar-refractivity contribution in [3.05, 3.63) is 60.2 Å². The zero-order chi connectivity index (χ0) is 17.6. The number of hydrogen-bond donors (Lipinski definition) is 2. The molecule has 2 rings (SSSR count). The second-order valence-electron chi connectivity index (χ2n) is 6.36. The van der Waals surface area contributed by atoms with Gasteiger partial charge in [-0.3, -0.25) is 0 Å². The number of hydrogen-bond acceptors (Lipinski definition) is 3. The molecule has 0 saturated carbocycles. The molecule has 0 unspecified atom stereocenters. The quantitative estimate of drug-likeness (QED) is 0.489. The molecule has 0 saturated heterocycles. The molecule has 0 aliphatic heterocycles. The fourth-order valence-electron chi connectivity index (χ4n) is 2.74. The van der Waals surface area contributed by atoms with Crippen LogP contribution in [0.1, 0.15) is 44.6 Å². The van der Waals surface area contributed by atoms with Crippen LogP contribution >= 0.6 is 0 Å². The third-order valence-electron chi connectivity index (χ3n) is 4.20. The van der Waals surface area contributed by atoms with Crippen molar-refractivity contribution in [1.29, 1.82) is 0 Å². The van der Waals surface area contributed by atoms with E-state index in [1.54, 1.807) is 0 Å². The number of anilines is 1. The monoisotopic (exact) mass is 340 g/mol.